The van der Waals surface area contributed by atoms with Crippen molar-refractivity contribution < 1.29 is 19.0 Å². The van der Waals surface area contributed by atoms with Crippen molar-refractivity contribution in [2.24, 2.45) is 0 Å². The molecule has 0 aromatic heterocycles. The maximum absolute atomic E-state index is 13.6. The van der Waals surface area contributed by atoms with E-state index in [1.54, 1.807) is 0 Å². The monoisotopic (exact) mass is 276 g/mol. The van der Waals surface area contributed by atoms with Crippen LogP contribution in [0.15, 0.2) is 10.5 Å². The van der Waals surface area contributed by atoms with Gasteiger partial charge in [0.15, 0.2) is 17.3 Å². The van der Waals surface area contributed by atoms with Crippen LogP contribution >= 0.6 is 15.9 Å². The van der Waals surface area contributed by atoms with Crippen molar-refractivity contribution >= 4 is 22.2 Å². The van der Waals surface area contributed by atoms with Gasteiger partial charge < -0.3 is 14.6 Å². The number of aldehydes is 1. The molecular formula is C10H10BrFO3. The second kappa shape index (κ2) is 5.11. The lowest BCUT2D eigenvalue weighted by Crippen LogP contribution is -1.96. The molecule has 1 N–H and O–H groups in total. The summed E-state index contributed by atoms with van der Waals surface area (Å²) in [5.74, 6) is -1.21. The number of aromatic hydroxyl groups is 1. The predicted molar refractivity (Wildman–Crippen MR) is 56.7 cm³/mol. The number of hydrogen-bond acceptors (Lipinski definition) is 3. The molecule has 3 nitrogen and oxygen atoms in total. The van der Waals surface area contributed by atoms with E-state index in [0.717, 1.165) is 0 Å². The Morgan fingerprint density at radius 1 is 1.67 bits per heavy atom. The van der Waals surface area contributed by atoms with Gasteiger partial charge in [0.1, 0.15) is 6.29 Å². The van der Waals surface area contributed by atoms with Gasteiger partial charge in [-0.05, 0) is 12.5 Å². The van der Waals surface area contributed by atoms with Crippen molar-refractivity contribution in [1.29, 1.82) is 0 Å². The van der Waals surface area contributed by atoms with Gasteiger partial charge in [0.2, 0.25) is 0 Å². The van der Waals surface area contributed by atoms with Crippen LogP contribution in [0.4, 0.5) is 4.39 Å². The fourth-order valence-corrected chi connectivity index (χ4v) is 1.79. The van der Waals surface area contributed by atoms with Gasteiger partial charge in [-0.1, -0.05) is 15.9 Å². The van der Waals surface area contributed by atoms with Crippen molar-refractivity contribution in [3.8, 4) is 11.5 Å². The van der Waals surface area contributed by atoms with Crippen molar-refractivity contribution in [3.63, 3.8) is 0 Å². The van der Waals surface area contributed by atoms with Crippen LogP contribution in [-0.4, -0.2) is 18.5 Å². The second-order valence-electron chi connectivity index (χ2n) is 2.91. The molecule has 0 bridgehead atoms. The minimum absolute atomic E-state index is 0.0641. The molecule has 0 saturated carbocycles. The summed E-state index contributed by atoms with van der Waals surface area (Å²) in [7, 11) is 1.34. The first-order valence-corrected chi connectivity index (χ1v) is 5.08. The summed E-state index contributed by atoms with van der Waals surface area (Å²) < 4.78 is 18.8. The molecule has 5 heteroatoms. The Labute approximate surface area is 95.0 Å². The van der Waals surface area contributed by atoms with Crippen molar-refractivity contribution in [2.45, 2.75) is 12.8 Å². The van der Waals surface area contributed by atoms with Crippen LogP contribution in [-0.2, 0) is 11.2 Å². The van der Waals surface area contributed by atoms with Crippen molar-refractivity contribution in [3.05, 3.63) is 21.9 Å². The quantitative estimate of drug-likeness (QED) is 0.860. The fraction of sp³-hybridized carbons (Fsp3) is 0.300. The topological polar surface area (TPSA) is 46.5 Å². The molecule has 0 aliphatic carbocycles. The van der Waals surface area contributed by atoms with Crippen LogP contribution in [0.2, 0.25) is 0 Å². The van der Waals surface area contributed by atoms with E-state index in [2.05, 4.69) is 15.9 Å². The first kappa shape index (κ1) is 12.0. The van der Waals surface area contributed by atoms with Gasteiger partial charge in [-0.3, -0.25) is 0 Å². The van der Waals surface area contributed by atoms with Crippen LogP contribution in [0.3, 0.4) is 0 Å². The molecule has 1 aromatic rings. The van der Waals surface area contributed by atoms with Gasteiger partial charge in [-0.15, -0.1) is 0 Å². The largest absolute Gasteiger partial charge is 0.502 e. The molecule has 0 spiro atoms. The van der Waals surface area contributed by atoms with E-state index in [9.17, 15) is 14.3 Å². The van der Waals surface area contributed by atoms with E-state index in [1.165, 1.54) is 13.2 Å². The molecule has 0 heterocycles. The maximum Gasteiger partial charge on any atom is 0.194 e. The Hall–Kier alpha value is -1.10. The summed E-state index contributed by atoms with van der Waals surface area (Å²) in [5.41, 5.74) is 0.278. The highest BCUT2D eigenvalue weighted by atomic mass is 79.9. The number of halogens is 2. The minimum atomic E-state index is -0.747. The van der Waals surface area contributed by atoms with Gasteiger partial charge in [0, 0.05) is 16.5 Å². The molecule has 0 fully saturated rings. The third kappa shape index (κ3) is 2.47. The first-order valence-electron chi connectivity index (χ1n) is 4.29. The molecule has 0 aliphatic rings. The highest BCUT2D eigenvalue weighted by Gasteiger charge is 2.16. The molecule has 15 heavy (non-hydrogen) atoms. The van der Waals surface area contributed by atoms with Gasteiger partial charge in [0.05, 0.1) is 7.11 Å². The zero-order valence-corrected chi connectivity index (χ0v) is 9.67. The predicted octanol–water partition coefficient (Wildman–Crippen LogP) is 2.43. The number of rotatable bonds is 4. The second-order valence-corrected chi connectivity index (χ2v) is 3.76. The van der Waals surface area contributed by atoms with Crippen LogP contribution in [0.5, 0.6) is 11.5 Å². The summed E-state index contributed by atoms with van der Waals surface area (Å²) in [5, 5.41) is 9.39. The number of phenolic OH excluding ortho intramolecular Hbond substituents is 1. The summed E-state index contributed by atoms with van der Waals surface area (Å²) in [4.78, 5) is 10.2. The Bertz CT molecular complexity index is 379. The van der Waals surface area contributed by atoms with Gasteiger partial charge in [0.25, 0.3) is 0 Å². The molecule has 0 saturated heterocycles. The van der Waals surface area contributed by atoms with E-state index in [4.69, 9.17) is 4.74 Å². The van der Waals surface area contributed by atoms with Gasteiger partial charge >= 0.3 is 0 Å². The average Bonchev–Trinajstić information content (AvgIpc) is 2.23. The Morgan fingerprint density at radius 3 is 2.87 bits per heavy atom. The summed E-state index contributed by atoms with van der Waals surface area (Å²) in [6.45, 7) is 0. The zero-order chi connectivity index (χ0) is 11.4. The van der Waals surface area contributed by atoms with E-state index >= 15 is 0 Å². The molecule has 1 aromatic carbocycles. The van der Waals surface area contributed by atoms with E-state index in [-0.39, 0.29) is 24.2 Å². The fourth-order valence-electron chi connectivity index (χ4n) is 1.21. The number of carbonyl (C=O) groups is 1. The van der Waals surface area contributed by atoms with E-state index in [1.807, 2.05) is 0 Å². The number of carbonyl (C=O) groups excluding carboxylic acids is 1. The number of hydrogen-bond donors (Lipinski definition) is 1. The molecule has 0 atom stereocenters. The maximum atomic E-state index is 13.6. The standard InChI is InChI=1S/C10H10BrFO3/c1-15-8-5-7(11)6(3-2-4-13)9(12)10(8)14/h4-5,14H,2-3H2,1H3. The molecule has 0 aliphatic heterocycles. The number of benzene rings is 1. The lowest BCUT2D eigenvalue weighted by molar-refractivity contribution is -0.107. The van der Waals surface area contributed by atoms with Crippen LogP contribution in [0, 0.1) is 5.82 Å². The van der Waals surface area contributed by atoms with Crippen LogP contribution in [0.1, 0.15) is 12.0 Å². The Morgan fingerprint density at radius 2 is 2.33 bits per heavy atom. The smallest absolute Gasteiger partial charge is 0.194 e. The molecule has 82 valence electrons. The van der Waals surface area contributed by atoms with Crippen LogP contribution in [0.25, 0.3) is 0 Å². The highest BCUT2D eigenvalue weighted by molar-refractivity contribution is 9.10. The van der Waals surface area contributed by atoms with Gasteiger partial charge in [-0.2, -0.15) is 0 Å². The Balaban J connectivity index is 3.16. The van der Waals surface area contributed by atoms with Crippen LogP contribution < -0.4 is 4.74 Å². The third-order valence-corrected chi connectivity index (χ3v) is 2.69. The minimum Gasteiger partial charge on any atom is -0.502 e. The number of phenols is 1. The molecular weight excluding hydrogens is 267 g/mol. The summed E-state index contributed by atoms with van der Waals surface area (Å²) in [6.07, 6.45) is 1.15. The van der Waals surface area contributed by atoms with E-state index < -0.39 is 11.6 Å². The molecule has 0 amide bonds. The Kier molecular flexibility index (Phi) is 4.08. The highest BCUT2D eigenvalue weighted by Crippen LogP contribution is 2.36. The lowest BCUT2D eigenvalue weighted by Gasteiger charge is -2.10. The SMILES string of the molecule is COc1cc(Br)c(CCC=O)c(F)c1O. The number of methoxy groups -OCH3 is 1. The normalized spacial score (nSPS) is 10.1. The van der Waals surface area contributed by atoms with Crippen molar-refractivity contribution in [2.75, 3.05) is 7.11 Å². The third-order valence-electron chi connectivity index (χ3n) is 1.98. The molecule has 0 unspecified atom stereocenters. The zero-order valence-electron chi connectivity index (χ0n) is 8.09. The lowest BCUT2D eigenvalue weighted by atomic mass is 10.1. The molecule has 0 radical (unpaired) electrons. The van der Waals surface area contributed by atoms with E-state index in [0.29, 0.717) is 10.8 Å². The van der Waals surface area contributed by atoms with Crippen molar-refractivity contribution in [1.82, 2.24) is 0 Å². The molecule has 1 rings (SSSR count). The average molecular weight is 277 g/mol. The van der Waals surface area contributed by atoms with Gasteiger partial charge in [-0.25, -0.2) is 4.39 Å². The number of ether oxygens (including phenoxy) is 1. The first-order chi connectivity index (χ1) is 7.11. The summed E-state index contributed by atoms with van der Waals surface area (Å²) >= 11 is 3.16. The summed E-state index contributed by atoms with van der Waals surface area (Å²) in [6, 6.07) is 1.47.